The van der Waals surface area contributed by atoms with E-state index in [0.717, 1.165) is 12.0 Å². The predicted molar refractivity (Wildman–Crippen MR) is 109 cm³/mol. The number of halogens is 1. The quantitative estimate of drug-likeness (QED) is 0.438. The van der Waals surface area contributed by atoms with Crippen molar-refractivity contribution in [3.8, 4) is 0 Å². The van der Waals surface area contributed by atoms with Gasteiger partial charge in [0.25, 0.3) is 5.91 Å². The number of nitrogens with zero attached hydrogens (tertiary/aromatic N) is 2. The van der Waals surface area contributed by atoms with E-state index in [1.54, 1.807) is 18.2 Å². The third-order valence-corrected chi connectivity index (χ3v) is 4.83. The maximum absolute atomic E-state index is 13.2. The first-order valence-electron chi connectivity index (χ1n) is 8.73. The van der Waals surface area contributed by atoms with Gasteiger partial charge < -0.3 is 9.64 Å². The van der Waals surface area contributed by atoms with E-state index in [9.17, 15) is 14.0 Å². The van der Waals surface area contributed by atoms with Crippen molar-refractivity contribution in [1.29, 1.82) is 0 Å². The Morgan fingerprint density at radius 3 is 2.36 bits per heavy atom. The number of carbonyl (C=O) groups excluding carboxylic acids is 2. The third-order valence-electron chi connectivity index (χ3n) is 4.43. The number of hydrogen-bond donors (Lipinski definition) is 0. The first-order chi connectivity index (χ1) is 13.4. The normalized spacial score (nSPS) is 15.5. The molecular weight excluding hydrogens is 379 g/mol. The molecule has 1 heterocycles. The van der Waals surface area contributed by atoms with Crippen LogP contribution in [0.3, 0.4) is 0 Å². The van der Waals surface area contributed by atoms with E-state index in [1.165, 1.54) is 29.0 Å². The lowest BCUT2D eigenvalue weighted by Gasteiger charge is -2.19. The smallest absolute Gasteiger partial charge is 0.325 e. The summed E-state index contributed by atoms with van der Waals surface area (Å²) in [6.45, 7) is 1.85. The van der Waals surface area contributed by atoms with Crippen LogP contribution in [0, 0.1) is 5.82 Å². The van der Waals surface area contributed by atoms with Gasteiger partial charge in [0.2, 0.25) is 0 Å². The molecule has 0 radical (unpaired) electrons. The van der Waals surface area contributed by atoms with Crippen LogP contribution in [0.4, 0.5) is 10.1 Å². The molecule has 1 amide bonds. The second-order valence-electron chi connectivity index (χ2n) is 6.19. The summed E-state index contributed by atoms with van der Waals surface area (Å²) in [4.78, 5) is 27.8. The van der Waals surface area contributed by atoms with Crippen LogP contribution in [0.25, 0.3) is 6.08 Å². The molecule has 0 saturated carbocycles. The van der Waals surface area contributed by atoms with Crippen LogP contribution < -0.4 is 4.90 Å². The fourth-order valence-corrected chi connectivity index (χ4v) is 3.20. The van der Waals surface area contributed by atoms with Crippen molar-refractivity contribution in [2.24, 2.45) is 0 Å². The summed E-state index contributed by atoms with van der Waals surface area (Å²) in [6.07, 6.45) is 2.46. The fraction of sp³-hybridized carbons (Fsp3) is 0.190. The van der Waals surface area contributed by atoms with Gasteiger partial charge in [-0.1, -0.05) is 31.2 Å². The Labute approximate surface area is 168 Å². The van der Waals surface area contributed by atoms with Crippen molar-refractivity contribution in [3.05, 3.63) is 71.2 Å². The molecule has 1 aliphatic rings. The molecule has 3 rings (SSSR count). The zero-order valence-electron chi connectivity index (χ0n) is 15.5. The summed E-state index contributed by atoms with van der Waals surface area (Å²) >= 11 is 5.49. The highest BCUT2D eigenvalue weighted by molar-refractivity contribution is 7.80. The van der Waals surface area contributed by atoms with E-state index in [-0.39, 0.29) is 29.1 Å². The summed E-state index contributed by atoms with van der Waals surface area (Å²) in [5.74, 6) is -1.26. The molecule has 2 aromatic carbocycles. The van der Waals surface area contributed by atoms with Gasteiger partial charge in [-0.2, -0.15) is 0 Å². The number of esters is 1. The number of rotatable bonds is 5. The molecule has 0 spiro atoms. The number of thiocarbonyl (C=S) groups is 1. The number of methoxy groups -OCH3 is 1. The van der Waals surface area contributed by atoms with Gasteiger partial charge in [-0.05, 0) is 60.1 Å². The molecule has 144 valence electrons. The minimum Gasteiger partial charge on any atom is -0.468 e. The Morgan fingerprint density at radius 2 is 1.79 bits per heavy atom. The molecule has 0 atom stereocenters. The largest absolute Gasteiger partial charge is 0.468 e. The first-order valence-corrected chi connectivity index (χ1v) is 9.14. The van der Waals surface area contributed by atoms with E-state index < -0.39 is 5.97 Å². The van der Waals surface area contributed by atoms with Crippen LogP contribution in [0.5, 0.6) is 0 Å². The molecule has 0 aromatic heterocycles. The van der Waals surface area contributed by atoms with E-state index in [0.29, 0.717) is 11.3 Å². The minimum absolute atomic E-state index is 0.188. The molecule has 0 unspecified atom stereocenters. The fourth-order valence-electron chi connectivity index (χ4n) is 2.85. The molecule has 7 heteroatoms. The van der Waals surface area contributed by atoms with Crippen LogP contribution in [0.15, 0.2) is 54.2 Å². The van der Waals surface area contributed by atoms with Crippen LogP contribution >= 0.6 is 12.2 Å². The van der Waals surface area contributed by atoms with Gasteiger partial charge in [-0.25, -0.2) is 4.39 Å². The maximum Gasteiger partial charge on any atom is 0.325 e. The van der Waals surface area contributed by atoms with Crippen LogP contribution in [0.1, 0.15) is 18.1 Å². The lowest BCUT2D eigenvalue weighted by atomic mass is 10.1. The topological polar surface area (TPSA) is 49.9 Å². The lowest BCUT2D eigenvalue weighted by Crippen LogP contribution is -2.35. The Balaban J connectivity index is 2.01. The van der Waals surface area contributed by atoms with E-state index >= 15 is 0 Å². The molecular formula is C21H19FN2O3S. The molecule has 0 aliphatic carbocycles. The number of hydrogen-bond acceptors (Lipinski definition) is 4. The summed E-state index contributed by atoms with van der Waals surface area (Å²) in [5, 5.41) is 0.188. The summed E-state index contributed by atoms with van der Waals surface area (Å²) < 4.78 is 17.9. The number of amides is 1. The maximum atomic E-state index is 13.2. The Morgan fingerprint density at radius 1 is 1.14 bits per heavy atom. The van der Waals surface area contributed by atoms with E-state index in [2.05, 4.69) is 0 Å². The SMILES string of the molecule is CCc1ccc(N2C(=O)/C(=C\c3ccc(F)cc3)N(CC(=O)OC)C2=S)cc1. The van der Waals surface area contributed by atoms with Gasteiger partial charge in [0.05, 0.1) is 12.8 Å². The van der Waals surface area contributed by atoms with E-state index in [4.69, 9.17) is 17.0 Å². The molecule has 28 heavy (non-hydrogen) atoms. The van der Waals surface area contributed by atoms with Crippen molar-refractivity contribution in [2.75, 3.05) is 18.6 Å². The molecule has 0 bridgehead atoms. The average molecular weight is 398 g/mol. The predicted octanol–water partition coefficient (Wildman–Crippen LogP) is 3.54. The average Bonchev–Trinajstić information content (AvgIpc) is 2.93. The van der Waals surface area contributed by atoms with Crippen molar-refractivity contribution in [3.63, 3.8) is 0 Å². The number of ether oxygens (including phenoxy) is 1. The molecule has 5 nitrogen and oxygen atoms in total. The number of benzene rings is 2. The van der Waals surface area contributed by atoms with Gasteiger partial charge in [0.15, 0.2) is 5.11 Å². The summed E-state index contributed by atoms with van der Waals surface area (Å²) in [7, 11) is 1.27. The zero-order valence-corrected chi connectivity index (χ0v) is 16.3. The molecule has 0 N–H and O–H groups in total. The van der Waals surface area contributed by atoms with Crippen LogP contribution in [-0.4, -0.2) is 35.5 Å². The van der Waals surface area contributed by atoms with Crippen LogP contribution in [-0.2, 0) is 20.7 Å². The standard InChI is InChI=1S/C21H19FN2O3S/c1-3-14-6-10-17(11-7-14)24-20(26)18(12-15-4-8-16(22)9-5-15)23(21(24)28)13-19(25)27-2/h4-12H,3,13H2,1-2H3/b18-12+. The van der Waals surface area contributed by atoms with Crippen molar-refractivity contribution in [1.82, 2.24) is 4.90 Å². The highest BCUT2D eigenvalue weighted by atomic mass is 32.1. The van der Waals surface area contributed by atoms with Crippen LogP contribution in [0.2, 0.25) is 0 Å². The van der Waals surface area contributed by atoms with Gasteiger partial charge in [0, 0.05) is 0 Å². The molecule has 1 aliphatic heterocycles. The zero-order chi connectivity index (χ0) is 20.3. The van der Waals surface area contributed by atoms with Crippen molar-refractivity contribution >= 4 is 41.0 Å². The van der Waals surface area contributed by atoms with Gasteiger partial charge in [-0.15, -0.1) is 0 Å². The van der Waals surface area contributed by atoms with Gasteiger partial charge >= 0.3 is 5.97 Å². The molecule has 1 saturated heterocycles. The monoisotopic (exact) mass is 398 g/mol. The van der Waals surface area contributed by atoms with E-state index in [1.807, 2.05) is 31.2 Å². The Kier molecular flexibility index (Phi) is 5.84. The molecule has 1 fully saturated rings. The first kappa shape index (κ1) is 19.7. The second kappa shape index (κ2) is 8.31. The number of aryl methyl sites for hydroxylation is 1. The minimum atomic E-state index is -0.525. The second-order valence-corrected chi connectivity index (χ2v) is 6.55. The van der Waals surface area contributed by atoms with Crippen molar-refractivity contribution in [2.45, 2.75) is 13.3 Å². The highest BCUT2D eigenvalue weighted by Gasteiger charge is 2.40. The third kappa shape index (κ3) is 3.94. The molecule has 2 aromatic rings. The highest BCUT2D eigenvalue weighted by Crippen LogP contribution is 2.29. The number of carbonyl (C=O) groups is 2. The number of anilines is 1. The summed E-state index contributed by atoms with van der Waals surface area (Å²) in [6, 6.07) is 13.2. The summed E-state index contributed by atoms with van der Waals surface area (Å²) in [5.41, 5.74) is 2.59. The Bertz CT molecular complexity index is 939. The van der Waals surface area contributed by atoms with Gasteiger partial charge in [0.1, 0.15) is 18.1 Å². The lowest BCUT2D eigenvalue weighted by molar-refractivity contribution is -0.140. The Hall–Kier alpha value is -3.06. The van der Waals surface area contributed by atoms with Crippen molar-refractivity contribution < 1.29 is 18.7 Å². The van der Waals surface area contributed by atoms with Gasteiger partial charge in [-0.3, -0.25) is 14.5 Å².